The second-order valence-electron chi connectivity index (χ2n) is 5.80. The van der Waals surface area contributed by atoms with E-state index < -0.39 is 6.10 Å². The summed E-state index contributed by atoms with van der Waals surface area (Å²) in [4.78, 5) is 2.50. The van der Waals surface area contributed by atoms with E-state index in [1.54, 1.807) is 4.68 Å². The quantitative estimate of drug-likeness (QED) is 0.922. The van der Waals surface area contributed by atoms with E-state index in [-0.39, 0.29) is 5.54 Å². The van der Waals surface area contributed by atoms with Crippen LogP contribution in [-0.2, 0) is 7.05 Å². The molecule has 1 saturated heterocycles. The molecule has 0 amide bonds. The van der Waals surface area contributed by atoms with Gasteiger partial charge in [0.05, 0.1) is 5.54 Å². The van der Waals surface area contributed by atoms with Crippen molar-refractivity contribution in [3.63, 3.8) is 0 Å². The fourth-order valence-electron chi connectivity index (χ4n) is 3.80. The highest BCUT2D eigenvalue weighted by Gasteiger charge is 2.48. The van der Waals surface area contributed by atoms with Gasteiger partial charge in [0.15, 0.2) is 4.60 Å². The Kier molecular flexibility index (Phi) is 3.66. The predicted octanol–water partition coefficient (Wildman–Crippen LogP) is 2.02. The summed E-state index contributed by atoms with van der Waals surface area (Å²) in [7, 11) is 1.85. The van der Waals surface area contributed by atoms with Crippen LogP contribution in [-0.4, -0.2) is 43.6 Å². The van der Waals surface area contributed by atoms with Gasteiger partial charge in [0, 0.05) is 7.05 Å². The molecule has 6 heteroatoms. The van der Waals surface area contributed by atoms with Crippen LogP contribution in [0.15, 0.2) is 4.60 Å². The highest BCUT2D eigenvalue weighted by molar-refractivity contribution is 9.10. The lowest BCUT2D eigenvalue weighted by Gasteiger charge is -2.42. The van der Waals surface area contributed by atoms with Crippen LogP contribution in [0.2, 0.25) is 0 Å². The van der Waals surface area contributed by atoms with E-state index in [9.17, 15) is 5.11 Å². The summed E-state index contributed by atoms with van der Waals surface area (Å²) in [6, 6.07) is 0. The summed E-state index contributed by atoms with van der Waals surface area (Å²) >= 11 is 3.42. The summed E-state index contributed by atoms with van der Waals surface area (Å²) in [5.41, 5.74) is 0.711. The summed E-state index contributed by atoms with van der Waals surface area (Å²) in [6.45, 7) is 2.22. The highest BCUT2D eigenvalue weighted by atomic mass is 79.9. The number of hydrogen-bond donors (Lipinski definition) is 1. The number of halogens is 1. The van der Waals surface area contributed by atoms with Crippen molar-refractivity contribution in [2.75, 3.05) is 13.1 Å². The van der Waals surface area contributed by atoms with E-state index in [2.05, 4.69) is 31.1 Å². The number of likely N-dealkylation sites (tertiary alicyclic amines) is 1. The monoisotopic (exact) mass is 328 g/mol. The molecule has 1 atom stereocenters. The number of aliphatic hydroxyl groups excluding tert-OH is 1. The van der Waals surface area contributed by atoms with Crippen molar-refractivity contribution >= 4 is 15.9 Å². The van der Waals surface area contributed by atoms with Gasteiger partial charge >= 0.3 is 0 Å². The molecule has 5 nitrogen and oxygen atoms in total. The molecule has 19 heavy (non-hydrogen) atoms. The first-order chi connectivity index (χ1) is 9.15. The second kappa shape index (κ2) is 5.14. The molecule has 1 saturated carbocycles. The van der Waals surface area contributed by atoms with Crippen LogP contribution >= 0.6 is 15.9 Å². The molecule has 2 fully saturated rings. The minimum atomic E-state index is -0.512. The molecule has 0 spiro atoms. The minimum absolute atomic E-state index is 0.103. The smallest absolute Gasteiger partial charge is 0.154 e. The van der Waals surface area contributed by atoms with Gasteiger partial charge in [0.25, 0.3) is 0 Å². The average molecular weight is 329 g/mol. The third kappa shape index (κ3) is 2.14. The van der Waals surface area contributed by atoms with Crippen molar-refractivity contribution in [2.45, 2.75) is 50.2 Å². The molecule has 0 radical (unpaired) electrons. The highest BCUT2D eigenvalue weighted by Crippen LogP contribution is 2.46. The number of aliphatic hydroxyl groups is 1. The fraction of sp³-hybridized carbons (Fsp3) is 0.846. The molecule has 0 bridgehead atoms. The first kappa shape index (κ1) is 13.5. The summed E-state index contributed by atoms with van der Waals surface area (Å²) < 4.78 is 2.37. The summed E-state index contributed by atoms with van der Waals surface area (Å²) in [5, 5.41) is 19.0. The number of nitrogens with zero attached hydrogens (tertiary/aromatic N) is 4. The van der Waals surface area contributed by atoms with Gasteiger partial charge in [-0.1, -0.05) is 18.1 Å². The van der Waals surface area contributed by atoms with Gasteiger partial charge in [-0.3, -0.25) is 4.90 Å². The van der Waals surface area contributed by atoms with Gasteiger partial charge < -0.3 is 5.11 Å². The van der Waals surface area contributed by atoms with E-state index >= 15 is 0 Å². The number of rotatable bonds is 3. The van der Waals surface area contributed by atoms with E-state index in [0.717, 1.165) is 31.6 Å². The minimum Gasteiger partial charge on any atom is -0.385 e. The van der Waals surface area contributed by atoms with Crippen LogP contribution in [0.3, 0.4) is 0 Å². The van der Waals surface area contributed by atoms with Crippen molar-refractivity contribution in [2.24, 2.45) is 7.05 Å². The SMILES string of the molecule is Cn1nnc(Br)c1C(O)C1(N2CCCC2)CCCC1. The van der Waals surface area contributed by atoms with Gasteiger partial charge in [-0.25, -0.2) is 4.68 Å². The van der Waals surface area contributed by atoms with Crippen LogP contribution < -0.4 is 0 Å². The molecule has 2 aliphatic rings. The Labute approximate surface area is 122 Å². The zero-order valence-corrected chi connectivity index (χ0v) is 12.9. The lowest BCUT2D eigenvalue weighted by Crippen LogP contribution is -2.50. The lowest BCUT2D eigenvalue weighted by molar-refractivity contribution is -0.0241. The summed E-state index contributed by atoms with van der Waals surface area (Å²) in [5.74, 6) is 0. The average Bonchev–Trinajstić information content (AvgIpc) is 3.09. The van der Waals surface area contributed by atoms with E-state index in [1.807, 2.05) is 7.05 Å². The maximum absolute atomic E-state index is 11.0. The Bertz CT molecular complexity index is 430. The van der Waals surface area contributed by atoms with Crippen LogP contribution in [0.4, 0.5) is 0 Å². The number of hydrogen-bond acceptors (Lipinski definition) is 4. The molecule has 1 aromatic rings. The van der Waals surface area contributed by atoms with E-state index in [1.165, 1.54) is 25.7 Å². The van der Waals surface area contributed by atoms with Crippen molar-refractivity contribution in [3.8, 4) is 0 Å². The molecule has 2 heterocycles. The van der Waals surface area contributed by atoms with Gasteiger partial charge in [-0.15, -0.1) is 5.10 Å². The predicted molar refractivity (Wildman–Crippen MR) is 75.7 cm³/mol. The van der Waals surface area contributed by atoms with Gasteiger partial charge in [-0.2, -0.15) is 0 Å². The van der Waals surface area contributed by atoms with Gasteiger partial charge in [0.1, 0.15) is 11.8 Å². The topological polar surface area (TPSA) is 54.2 Å². The van der Waals surface area contributed by atoms with Crippen molar-refractivity contribution in [1.29, 1.82) is 0 Å². The summed E-state index contributed by atoms with van der Waals surface area (Å²) in [6.07, 6.45) is 6.55. The van der Waals surface area contributed by atoms with Gasteiger partial charge in [0.2, 0.25) is 0 Å². The van der Waals surface area contributed by atoms with Crippen molar-refractivity contribution in [1.82, 2.24) is 19.9 Å². The van der Waals surface area contributed by atoms with E-state index in [4.69, 9.17) is 0 Å². The molecule has 1 N–H and O–H groups in total. The Morgan fingerprint density at radius 2 is 1.84 bits per heavy atom. The molecule has 1 aliphatic heterocycles. The Balaban J connectivity index is 1.96. The molecule has 1 aromatic heterocycles. The maximum Gasteiger partial charge on any atom is 0.154 e. The first-order valence-corrected chi connectivity index (χ1v) is 7.93. The molecule has 1 unspecified atom stereocenters. The van der Waals surface area contributed by atoms with Crippen LogP contribution in [0.1, 0.15) is 50.3 Å². The standard InChI is InChI=1S/C13H21BrN4O/c1-17-10(12(14)15-16-17)11(19)13(6-2-3-7-13)18-8-4-5-9-18/h11,19H,2-9H2,1H3. The largest absolute Gasteiger partial charge is 0.385 e. The number of aryl methyl sites for hydroxylation is 1. The molecular weight excluding hydrogens is 308 g/mol. The zero-order valence-electron chi connectivity index (χ0n) is 11.3. The Morgan fingerprint density at radius 3 is 2.37 bits per heavy atom. The first-order valence-electron chi connectivity index (χ1n) is 7.13. The normalized spacial score (nSPS) is 25.0. The molecule has 106 valence electrons. The van der Waals surface area contributed by atoms with Crippen molar-refractivity contribution in [3.05, 3.63) is 10.3 Å². The third-order valence-corrected chi connectivity index (χ3v) is 5.36. The molecule has 1 aliphatic carbocycles. The molecular formula is C13H21BrN4O. The maximum atomic E-state index is 11.0. The zero-order chi connectivity index (χ0) is 13.5. The van der Waals surface area contributed by atoms with Crippen LogP contribution in [0, 0.1) is 0 Å². The second-order valence-corrected chi connectivity index (χ2v) is 6.55. The molecule has 0 aromatic carbocycles. The van der Waals surface area contributed by atoms with Crippen LogP contribution in [0.25, 0.3) is 0 Å². The lowest BCUT2D eigenvalue weighted by atomic mass is 9.86. The molecule has 3 rings (SSSR count). The van der Waals surface area contributed by atoms with E-state index in [0.29, 0.717) is 4.60 Å². The number of aromatic nitrogens is 3. The third-order valence-electron chi connectivity index (χ3n) is 4.80. The van der Waals surface area contributed by atoms with Crippen molar-refractivity contribution < 1.29 is 5.11 Å². The Morgan fingerprint density at radius 1 is 1.21 bits per heavy atom. The fourth-order valence-corrected chi connectivity index (χ4v) is 4.34. The van der Waals surface area contributed by atoms with Crippen LogP contribution in [0.5, 0.6) is 0 Å². The van der Waals surface area contributed by atoms with Gasteiger partial charge in [-0.05, 0) is 54.7 Å². The Hall–Kier alpha value is -0.460.